The summed E-state index contributed by atoms with van der Waals surface area (Å²) >= 11 is 5.58. The van der Waals surface area contributed by atoms with E-state index in [2.05, 4.69) is 0 Å². The predicted molar refractivity (Wildman–Crippen MR) is 60.2 cm³/mol. The summed E-state index contributed by atoms with van der Waals surface area (Å²) in [5.41, 5.74) is 0.251. The maximum absolute atomic E-state index is 13.0. The fourth-order valence-electron chi connectivity index (χ4n) is 1.40. The Labute approximate surface area is 103 Å². The van der Waals surface area contributed by atoms with Crippen molar-refractivity contribution >= 4 is 23.5 Å². The van der Waals surface area contributed by atoms with Crippen LogP contribution in [0.5, 0.6) is 0 Å². The van der Waals surface area contributed by atoms with Gasteiger partial charge >= 0.3 is 5.97 Å². The number of aliphatic carboxylic acids is 1. The van der Waals surface area contributed by atoms with Crippen LogP contribution in [0.2, 0.25) is 5.02 Å². The van der Waals surface area contributed by atoms with Crippen molar-refractivity contribution in [3.63, 3.8) is 0 Å². The Morgan fingerprint density at radius 1 is 1.47 bits per heavy atom. The van der Waals surface area contributed by atoms with Gasteiger partial charge in [0, 0.05) is 14.0 Å². The molecular formula is C11H11ClFNO3. The molecular weight excluding hydrogens is 249 g/mol. The molecule has 0 bridgehead atoms. The van der Waals surface area contributed by atoms with Crippen molar-refractivity contribution in [2.75, 3.05) is 7.05 Å². The molecule has 1 amide bonds. The van der Waals surface area contributed by atoms with E-state index >= 15 is 0 Å². The second-order valence-electron chi connectivity index (χ2n) is 3.54. The summed E-state index contributed by atoms with van der Waals surface area (Å²) in [4.78, 5) is 23.3. The first kappa shape index (κ1) is 13.4. The number of likely N-dealkylation sites (N-methyl/N-ethyl adjacent to an activating group) is 1. The lowest BCUT2D eigenvalue weighted by Gasteiger charge is -2.23. The highest BCUT2D eigenvalue weighted by molar-refractivity contribution is 6.30. The first-order valence-corrected chi connectivity index (χ1v) is 5.13. The zero-order valence-corrected chi connectivity index (χ0v) is 10.0. The molecule has 0 aliphatic carbocycles. The Balaban J connectivity index is 3.19. The van der Waals surface area contributed by atoms with E-state index in [-0.39, 0.29) is 10.6 Å². The average Bonchev–Trinajstić information content (AvgIpc) is 2.22. The third kappa shape index (κ3) is 2.94. The number of hydrogen-bond acceptors (Lipinski definition) is 2. The number of carboxylic acids is 1. The molecule has 0 radical (unpaired) electrons. The molecule has 0 aliphatic rings. The van der Waals surface area contributed by atoms with Crippen LogP contribution in [0.15, 0.2) is 18.2 Å². The van der Waals surface area contributed by atoms with Crippen molar-refractivity contribution in [2.24, 2.45) is 0 Å². The third-order valence-electron chi connectivity index (χ3n) is 2.38. The van der Waals surface area contributed by atoms with E-state index in [0.29, 0.717) is 0 Å². The van der Waals surface area contributed by atoms with Crippen molar-refractivity contribution < 1.29 is 19.1 Å². The molecule has 4 nitrogen and oxygen atoms in total. The molecule has 0 aliphatic heterocycles. The summed E-state index contributed by atoms with van der Waals surface area (Å²) in [5.74, 6) is -2.24. The van der Waals surface area contributed by atoms with E-state index in [0.717, 1.165) is 11.0 Å². The summed E-state index contributed by atoms with van der Waals surface area (Å²) in [5, 5.41) is 8.90. The minimum atomic E-state index is -1.20. The number of rotatable bonds is 3. The van der Waals surface area contributed by atoms with E-state index < -0.39 is 23.7 Å². The second kappa shape index (κ2) is 5.14. The summed E-state index contributed by atoms with van der Waals surface area (Å²) in [6.07, 6.45) is 0. The van der Waals surface area contributed by atoms with Gasteiger partial charge in [0.15, 0.2) is 6.04 Å². The second-order valence-corrected chi connectivity index (χ2v) is 3.95. The molecule has 1 rings (SSSR count). The molecule has 0 heterocycles. The van der Waals surface area contributed by atoms with E-state index in [4.69, 9.17) is 16.7 Å². The minimum Gasteiger partial charge on any atom is -0.479 e. The SMILES string of the molecule is CC(=O)N(C)C(C(=O)O)c1ccc(F)c(Cl)c1. The van der Waals surface area contributed by atoms with Crippen LogP contribution >= 0.6 is 11.6 Å². The van der Waals surface area contributed by atoms with Crippen LogP contribution in [-0.2, 0) is 9.59 Å². The van der Waals surface area contributed by atoms with Gasteiger partial charge in [-0.25, -0.2) is 9.18 Å². The third-order valence-corrected chi connectivity index (χ3v) is 2.67. The van der Waals surface area contributed by atoms with Crippen LogP contribution in [0.4, 0.5) is 4.39 Å². The van der Waals surface area contributed by atoms with Crippen LogP contribution in [0.3, 0.4) is 0 Å². The number of hydrogen-bond donors (Lipinski definition) is 1. The number of amides is 1. The minimum absolute atomic E-state index is 0.175. The summed E-state index contributed by atoms with van der Waals surface area (Å²) in [6.45, 7) is 1.25. The standard InChI is InChI=1S/C11H11ClFNO3/c1-6(15)14(2)10(11(16)17)7-3-4-9(13)8(12)5-7/h3-5,10H,1-2H3,(H,16,17). The van der Waals surface area contributed by atoms with Gasteiger partial charge in [0.25, 0.3) is 0 Å². The Morgan fingerprint density at radius 3 is 2.47 bits per heavy atom. The fraction of sp³-hybridized carbons (Fsp3) is 0.273. The van der Waals surface area contributed by atoms with Gasteiger partial charge in [-0.15, -0.1) is 0 Å². The van der Waals surface area contributed by atoms with Crippen molar-refractivity contribution in [3.05, 3.63) is 34.6 Å². The molecule has 0 spiro atoms. The molecule has 0 saturated carbocycles. The Bertz CT molecular complexity index is 464. The molecule has 1 aromatic carbocycles. The Hall–Kier alpha value is -1.62. The summed E-state index contributed by atoms with van der Waals surface area (Å²) < 4.78 is 13.0. The number of halogens is 2. The van der Waals surface area contributed by atoms with Crippen molar-refractivity contribution in [2.45, 2.75) is 13.0 Å². The molecule has 92 valence electrons. The van der Waals surface area contributed by atoms with Gasteiger partial charge in [0.2, 0.25) is 5.91 Å². The largest absolute Gasteiger partial charge is 0.479 e. The summed E-state index contributed by atoms with van der Waals surface area (Å²) in [6, 6.07) is 2.39. The monoisotopic (exact) mass is 259 g/mol. The fourth-order valence-corrected chi connectivity index (χ4v) is 1.59. The molecule has 1 aromatic rings. The van der Waals surface area contributed by atoms with Crippen LogP contribution in [0, 0.1) is 5.82 Å². The van der Waals surface area contributed by atoms with Gasteiger partial charge in [-0.3, -0.25) is 4.79 Å². The lowest BCUT2D eigenvalue weighted by atomic mass is 10.1. The molecule has 1 atom stereocenters. The zero-order valence-electron chi connectivity index (χ0n) is 9.28. The van der Waals surface area contributed by atoms with E-state index in [1.165, 1.54) is 26.1 Å². The van der Waals surface area contributed by atoms with Crippen LogP contribution in [0.1, 0.15) is 18.5 Å². The van der Waals surface area contributed by atoms with Gasteiger partial charge in [-0.1, -0.05) is 17.7 Å². The molecule has 17 heavy (non-hydrogen) atoms. The van der Waals surface area contributed by atoms with Crippen molar-refractivity contribution in [1.82, 2.24) is 4.90 Å². The van der Waals surface area contributed by atoms with Crippen molar-refractivity contribution in [3.8, 4) is 0 Å². The first-order chi connectivity index (χ1) is 7.84. The number of carbonyl (C=O) groups is 2. The quantitative estimate of drug-likeness (QED) is 0.904. The zero-order chi connectivity index (χ0) is 13.2. The van der Waals surface area contributed by atoms with Gasteiger partial charge < -0.3 is 10.0 Å². The summed E-state index contributed by atoms with van der Waals surface area (Å²) in [7, 11) is 1.36. The van der Waals surface area contributed by atoms with Crippen LogP contribution in [0.25, 0.3) is 0 Å². The van der Waals surface area contributed by atoms with E-state index in [9.17, 15) is 14.0 Å². The maximum Gasteiger partial charge on any atom is 0.331 e. The molecule has 0 fully saturated rings. The van der Waals surface area contributed by atoms with Crippen molar-refractivity contribution in [1.29, 1.82) is 0 Å². The highest BCUT2D eigenvalue weighted by atomic mass is 35.5. The first-order valence-electron chi connectivity index (χ1n) is 4.75. The lowest BCUT2D eigenvalue weighted by molar-refractivity contribution is -0.148. The van der Waals surface area contributed by atoms with E-state index in [1.807, 2.05) is 0 Å². The predicted octanol–water partition coefficient (Wildman–Crippen LogP) is 2.08. The number of carboxylic acid groups (broad SMARTS) is 1. The molecule has 1 unspecified atom stereocenters. The molecule has 0 saturated heterocycles. The van der Waals surface area contributed by atoms with Gasteiger partial charge in [-0.2, -0.15) is 0 Å². The van der Waals surface area contributed by atoms with Crippen LogP contribution < -0.4 is 0 Å². The van der Waals surface area contributed by atoms with Gasteiger partial charge in [0.05, 0.1) is 5.02 Å². The van der Waals surface area contributed by atoms with Crippen LogP contribution in [-0.4, -0.2) is 28.9 Å². The Morgan fingerprint density at radius 2 is 2.06 bits per heavy atom. The van der Waals surface area contributed by atoms with Gasteiger partial charge in [0.1, 0.15) is 5.82 Å². The Kier molecular flexibility index (Phi) is 4.07. The molecule has 6 heteroatoms. The molecule has 0 aromatic heterocycles. The molecule has 1 N–H and O–H groups in total. The average molecular weight is 260 g/mol. The number of carbonyl (C=O) groups excluding carboxylic acids is 1. The normalized spacial score (nSPS) is 12.0. The number of nitrogens with zero attached hydrogens (tertiary/aromatic N) is 1. The lowest BCUT2D eigenvalue weighted by Crippen LogP contribution is -2.34. The highest BCUT2D eigenvalue weighted by Gasteiger charge is 2.27. The smallest absolute Gasteiger partial charge is 0.331 e. The van der Waals surface area contributed by atoms with Gasteiger partial charge in [-0.05, 0) is 17.7 Å². The highest BCUT2D eigenvalue weighted by Crippen LogP contribution is 2.24. The van der Waals surface area contributed by atoms with E-state index in [1.54, 1.807) is 0 Å². The maximum atomic E-state index is 13.0. The topological polar surface area (TPSA) is 57.6 Å². The number of benzene rings is 1.